The molecule has 0 radical (unpaired) electrons. The van der Waals surface area contributed by atoms with Crippen molar-refractivity contribution in [1.29, 1.82) is 0 Å². The minimum atomic E-state index is -0.676. The van der Waals surface area contributed by atoms with Gasteiger partial charge in [0.25, 0.3) is 0 Å². The number of nitrogens with zero attached hydrogens (tertiary/aromatic N) is 2. The zero-order chi connectivity index (χ0) is 22.4. The van der Waals surface area contributed by atoms with Crippen LogP contribution in [0, 0.1) is 0 Å². The van der Waals surface area contributed by atoms with Crippen LogP contribution in [0.5, 0.6) is 0 Å². The number of benzene rings is 2. The lowest BCUT2D eigenvalue weighted by Gasteiger charge is -2.01. The third kappa shape index (κ3) is 5.86. The first-order chi connectivity index (χ1) is 14.9. The first-order valence-electron chi connectivity index (χ1n) is 8.51. The first-order valence-corrected chi connectivity index (χ1v) is 10.0. The standard InChI is InChI=1S/C20H12Cl4N4O3/c21-13-3-1-4-14(22)11(13)9-25-27-19(29)17-7-8-18(31-17)20(30)28-26-10-12-15(23)5-2-6-16(12)24/h1-10H,(H,27,29)(H,28,30). The van der Waals surface area contributed by atoms with E-state index >= 15 is 0 Å². The molecule has 0 fully saturated rings. The largest absolute Gasteiger partial charge is 0.446 e. The molecule has 0 aliphatic carbocycles. The maximum atomic E-state index is 12.1. The van der Waals surface area contributed by atoms with E-state index in [9.17, 15) is 9.59 Å². The van der Waals surface area contributed by atoms with Crippen LogP contribution in [-0.2, 0) is 0 Å². The van der Waals surface area contributed by atoms with Gasteiger partial charge in [0.15, 0.2) is 11.5 Å². The van der Waals surface area contributed by atoms with Crippen LogP contribution in [0.4, 0.5) is 0 Å². The average Bonchev–Trinajstić information content (AvgIpc) is 3.23. The van der Waals surface area contributed by atoms with Gasteiger partial charge < -0.3 is 4.42 Å². The van der Waals surface area contributed by atoms with Gasteiger partial charge in [-0.05, 0) is 36.4 Å². The Morgan fingerprint density at radius 2 is 1.03 bits per heavy atom. The Balaban J connectivity index is 1.60. The molecule has 0 bridgehead atoms. The predicted octanol–water partition coefficient (Wildman–Crippen LogP) is 5.42. The van der Waals surface area contributed by atoms with E-state index in [2.05, 4.69) is 21.1 Å². The molecule has 0 atom stereocenters. The van der Waals surface area contributed by atoms with E-state index in [4.69, 9.17) is 50.8 Å². The van der Waals surface area contributed by atoms with Crippen LogP contribution in [0.2, 0.25) is 20.1 Å². The highest BCUT2D eigenvalue weighted by molar-refractivity contribution is 6.39. The molecule has 0 spiro atoms. The molecule has 3 aromatic rings. The maximum absolute atomic E-state index is 12.1. The third-order valence-electron chi connectivity index (χ3n) is 3.77. The highest BCUT2D eigenvalue weighted by Gasteiger charge is 2.15. The van der Waals surface area contributed by atoms with E-state index < -0.39 is 11.8 Å². The summed E-state index contributed by atoms with van der Waals surface area (Å²) in [6.45, 7) is 0. The number of amides is 2. The van der Waals surface area contributed by atoms with Gasteiger partial charge in [0.2, 0.25) is 0 Å². The SMILES string of the molecule is O=C(NN=Cc1c(Cl)cccc1Cl)c1ccc(C(=O)NN=Cc2c(Cl)cccc2Cl)o1. The van der Waals surface area contributed by atoms with Gasteiger partial charge in [0.1, 0.15) is 0 Å². The summed E-state index contributed by atoms with van der Waals surface area (Å²) in [6, 6.07) is 12.5. The number of carbonyl (C=O) groups is 2. The Morgan fingerprint density at radius 3 is 1.39 bits per heavy atom. The van der Waals surface area contributed by atoms with Crippen LogP contribution in [0.1, 0.15) is 32.2 Å². The second-order valence-electron chi connectivity index (χ2n) is 5.83. The quantitative estimate of drug-likeness (QED) is 0.351. The summed E-state index contributed by atoms with van der Waals surface area (Å²) in [5.41, 5.74) is 5.41. The highest BCUT2D eigenvalue weighted by Crippen LogP contribution is 2.23. The lowest BCUT2D eigenvalue weighted by atomic mass is 10.2. The van der Waals surface area contributed by atoms with Crippen molar-refractivity contribution in [1.82, 2.24) is 10.9 Å². The van der Waals surface area contributed by atoms with Gasteiger partial charge in [0.05, 0.1) is 32.5 Å². The smallest absolute Gasteiger partial charge is 0.307 e. The number of rotatable bonds is 6. The van der Waals surface area contributed by atoms with Gasteiger partial charge in [-0.15, -0.1) is 0 Å². The molecule has 0 aliphatic heterocycles. The average molecular weight is 498 g/mol. The summed E-state index contributed by atoms with van der Waals surface area (Å²) < 4.78 is 5.23. The van der Waals surface area contributed by atoms with Crippen molar-refractivity contribution in [3.8, 4) is 0 Å². The number of hydrogen-bond acceptors (Lipinski definition) is 5. The van der Waals surface area contributed by atoms with E-state index in [0.717, 1.165) is 0 Å². The van der Waals surface area contributed by atoms with Crippen molar-refractivity contribution in [2.75, 3.05) is 0 Å². The summed E-state index contributed by atoms with van der Waals surface area (Å²) >= 11 is 24.1. The zero-order valence-corrected chi connectivity index (χ0v) is 18.4. The molecule has 1 heterocycles. The van der Waals surface area contributed by atoms with Gasteiger partial charge in [-0.25, -0.2) is 10.9 Å². The van der Waals surface area contributed by atoms with E-state index in [0.29, 0.717) is 31.2 Å². The minimum absolute atomic E-state index is 0.134. The highest BCUT2D eigenvalue weighted by atomic mass is 35.5. The normalized spacial score (nSPS) is 11.2. The van der Waals surface area contributed by atoms with Gasteiger partial charge in [-0.3, -0.25) is 9.59 Å². The molecule has 0 unspecified atom stereocenters. The molecule has 1 aromatic heterocycles. The molecule has 0 saturated heterocycles. The lowest BCUT2D eigenvalue weighted by Crippen LogP contribution is -2.18. The summed E-state index contributed by atoms with van der Waals surface area (Å²) in [7, 11) is 0. The fourth-order valence-electron chi connectivity index (χ4n) is 2.27. The molecular weight excluding hydrogens is 486 g/mol. The van der Waals surface area contributed by atoms with Gasteiger partial charge in [-0.2, -0.15) is 10.2 Å². The van der Waals surface area contributed by atoms with Gasteiger partial charge >= 0.3 is 11.8 Å². The Labute approximate surface area is 196 Å². The third-order valence-corrected chi connectivity index (χ3v) is 5.09. The van der Waals surface area contributed by atoms with Crippen molar-refractivity contribution < 1.29 is 14.0 Å². The number of nitrogens with one attached hydrogen (secondary N) is 2. The molecule has 2 aromatic carbocycles. The molecular formula is C20H12Cl4N4O3. The Bertz CT molecular complexity index is 1060. The van der Waals surface area contributed by atoms with E-state index in [1.807, 2.05) is 0 Å². The molecule has 0 aliphatic rings. The molecule has 31 heavy (non-hydrogen) atoms. The summed E-state index contributed by atoms with van der Waals surface area (Å²) in [6.07, 6.45) is 2.60. The Morgan fingerprint density at radius 1 is 0.677 bits per heavy atom. The van der Waals surface area contributed by atoms with Gasteiger partial charge in [0, 0.05) is 11.1 Å². The van der Waals surface area contributed by atoms with Crippen LogP contribution in [-0.4, -0.2) is 24.2 Å². The second kappa shape index (κ2) is 10.5. The zero-order valence-electron chi connectivity index (χ0n) is 15.4. The van der Waals surface area contributed by atoms with Crippen molar-refractivity contribution in [2.24, 2.45) is 10.2 Å². The van der Waals surface area contributed by atoms with E-state index in [1.165, 1.54) is 24.6 Å². The van der Waals surface area contributed by atoms with Crippen molar-refractivity contribution in [3.63, 3.8) is 0 Å². The molecule has 11 heteroatoms. The summed E-state index contributed by atoms with van der Waals surface area (Å²) in [5.74, 6) is -1.62. The number of furan rings is 1. The van der Waals surface area contributed by atoms with Crippen LogP contribution in [0.3, 0.4) is 0 Å². The first kappa shape index (κ1) is 22.8. The number of hydrogen-bond donors (Lipinski definition) is 2. The number of carbonyl (C=O) groups excluding carboxylic acids is 2. The maximum Gasteiger partial charge on any atom is 0.307 e. The topological polar surface area (TPSA) is 96.1 Å². The monoisotopic (exact) mass is 496 g/mol. The second-order valence-corrected chi connectivity index (χ2v) is 7.46. The van der Waals surface area contributed by atoms with Crippen LogP contribution < -0.4 is 10.9 Å². The Hall–Kier alpha value is -2.84. The lowest BCUT2D eigenvalue weighted by molar-refractivity contribution is 0.0902. The molecule has 0 saturated carbocycles. The van der Waals surface area contributed by atoms with Crippen LogP contribution in [0.15, 0.2) is 63.2 Å². The molecule has 2 N–H and O–H groups in total. The van der Waals surface area contributed by atoms with Gasteiger partial charge in [-0.1, -0.05) is 58.5 Å². The molecule has 2 amide bonds. The van der Waals surface area contributed by atoms with Crippen molar-refractivity contribution in [2.45, 2.75) is 0 Å². The van der Waals surface area contributed by atoms with Crippen molar-refractivity contribution >= 4 is 70.6 Å². The predicted molar refractivity (Wildman–Crippen MR) is 122 cm³/mol. The molecule has 158 valence electrons. The van der Waals surface area contributed by atoms with Crippen molar-refractivity contribution in [3.05, 3.63) is 91.3 Å². The van der Waals surface area contributed by atoms with Crippen LogP contribution >= 0.6 is 46.4 Å². The fraction of sp³-hybridized carbons (Fsp3) is 0. The molecule has 7 nitrogen and oxygen atoms in total. The number of halogens is 4. The molecule has 3 rings (SSSR count). The van der Waals surface area contributed by atoms with Crippen LogP contribution in [0.25, 0.3) is 0 Å². The Kier molecular flexibility index (Phi) is 7.70. The number of hydrazone groups is 2. The summed E-state index contributed by atoms with van der Waals surface area (Å²) in [4.78, 5) is 24.3. The van der Waals surface area contributed by atoms with E-state index in [-0.39, 0.29) is 11.5 Å². The fourth-order valence-corrected chi connectivity index (χ4v) is 3.26. The minimum Gasteiger partial charge on any atom is -0.446 e. The summed E-state index contributed by atoms with van der Waals surface area (Å²) in [5, 5.41) is 9.09. The van der Waals surface area contributed by atoms with E-state index in [1.54, 1.807) is 36.4 Å².